The lowest BCUT2D eigenvalue weighted by molar-refractivity contribution is 0.561. The van der Waals surface area contributed by atoms with E-state index in [1.807, 2.05) is 0 Å². The van der Waals surface area contributed by atoms with Gasteiger partial charge in [-0.2, -0.15) is 4.80 Å². The molecule has 0 aliphatic heterocycles. The number of nitrogens with one attached hydrogen (secondary N) is 1. The number of halogens is 2. The number of likely N-dealkylation sites (N-methyl/N-ethyl adjacent to an activating group) is 1. The number of hydrogen-bond acceptors (Lipinski definition) is 4. The number of aromatic nitrogens is 4. The van der Waals surface area contributed by atoms with Crippen molar-refractivity contribution in [3.63, 3.8) is 0 Å². The van der Waals surface area contributed by atoms with Crippen LogP contribution in [0.3, 0.4) is 0 Å². The van der Waals surface area contributed by atoms with Gasteiger partial charge in [0.15, 0.2) is 5.82 Å². The first-order valence-electron chi connectivity index (χ1n) is 5.45. The SMILES string of the molecule is CNC(Cc1nnn(C)n1)c1ccc(Cl)c(F)c1. The summed E-state index contributed by atoms with van der Waals surface area (Å²) in [5.41, 5.74) is 0.798. The summed E-state index contributed by atoms with van der Waals surface area (Å²) in [5, 5.41) is 15.0. The summed E-state index contributed by atoms with van der Waals surface area (Å²) < 4.78 is 13.4. The zero-order valence-corrected chi connectivity index (χ0v) is 10.8. The molecule has 2 aromatic rings. The average molecular weight is 270 g/mol. The van der Waals surface area contributed by atoms with Gasteiger partial charge in [-0.05, 0) is 30.0 Å². The van der Waals surface area contributed by atoms with E-state index in [9.17, 15) is 4.39 Å². The summed E-state index contributed by atoms with van der Waals surface area (Å²) in [5.74, 6) is 0.175. The Morgan fingerprint density at radius 2 is 2.28 bits per heavy atom. The van der Waals surface area contributed by atoms with Crippen LogP contribution in [0.2, 0.25) is 5.02 Å². The van der Waals surface area contributed by atoms with Crippen LogP contribution >= 0.6 is 11.6 Å². The predicted octanol–water partition coefficient (Wildman–Crippen LogP) is 1.51. The topological polar surface area (TPSA) is 55.6 Å². The maximum Gasteiger partial charge on any atom is 0.176 e. The monoisotopic (exact) mass is 269 g/mol. The Kier molecular flexibility index (Phi) is 3.88. The van der Waals surface area contributed by atoms with E-state index in [0.29, 0.717) is 12.2 Å². The molecule has 1 atom stereocenters. The molecule has 0 amide bonds. The fourth-order valence-corrected chi connectivity index (χ4v) is 1.82. The Bertz CT molecular complexity index is 542. The second-order valence-electron chi connectivity index (χ2n) is 3.91. The van der Waals surface area contributed by atoms with E-state index >= 15 is 0 Å². The van der Waals surface area contributed by atoms with Crippen LogP contribution in [0.5, 0.6) is 0 Å². The Labute approximate surface area is 109 Å². The molecule has 1 aromatic carbocycles. The van der Waals surface area contributed by atoms with Gasteiger partial charge in [-0.3, -0.25) is 0 Å². The highest BCUT2D eigenvalue weighted by molar-refractivity contribution is 6.30. The molecule has 0 spiro atoms. The highest BCUT2D eigenvalue weighted by Crippen LogP contribution is 2.21. The van der Waals surface area contributed by atoms with E-state index in [1.54, 1.807) is 26.2 Å². The molecule has 2 rings (SSSR count). The third-order valence-electron chi connectivity index (χ3n) is 2.63. The number of tetrazole rings is 1. The quantitative estimate of drug-likeness (QED) is 0.914. The molecule has 1 heterocycles. The predicted molar refractivity (Wildman–Crippen MR) is 65.7 cm³/mol. The molecule has 96 valence electrons. The summed E-state index contributed by atoms with van der Waals surface area (Å²) >= 11 is 5.66. The summed E-state index contributed by atoms with van der Waals surface area (Å²) in [7, 11) is 3.50. The lowest BCUT2D eigenvalue weighted by Gasteiger charge is -2.14. The normalized spacial score (nSPS) is 12.7. The van der Waals surface area contributed by atoms with Crippen LogP contribution in [0.4, 0.5) is 4.39 Å². The van der Waals surface area contributed by atoms with Crippen molar-refractivity contribution in [3.05, 3.63) is 40.4 Å². The van der Waals surface area contributed by atoms with E-state index < -0.39 is 5.82 Å². The van der Waals surface area contributed by atoms with Crippen molar-refractivity contribution in [2.75, 3.05) is 7.05 Å². The zero-order chi connectivity index (χ0) is 13.1. The van der Waals surface area contributed by atoms with Crippen molar-refractivity contribution >= 4 is 11.6 Å². The highest BCUT2D eigenvalue weighted by atomic mass is 35.5. The van der Waals surface area contributed by atoms with Gasteiger partial charge in [-0.1, -0.05) is 17.7 Å². The zero-order valence-electron chi connectivity index (χ0n) is 10.1. The molecule has 18 heavy (non-hydrogen) atoms. The van der Waals surface area contributed by atoms with Crippen LogP contribution in [0.15, 0.2) is 18.2 Å². The van der Waals surface area contributed by atoms with E-state index in [4.69, 9.17) is 11.6 Å². The van der Waals surface area contributed by atoms with Gasteiger partial charge in [-0.15, -0.1) is 10.2 Å². The van der Waals surface area contributed by atoms with E-state index in [0.717, 1.165) is 5.56 Å². The fraction of sp³-hybridized carbons (Fsp3) is 0.364. The largest absolute Gasteiger partial charge is 0.313 e. The molecular weight excluding hydrogens is 257 g/mol. The number of nitrogens with zero attached hydrogens (tertiary/aromatic N) is 4. The van der Waals surface area contributed by atoms with Crippen LogP contribution in [0.25, 0.3) is 0 Å². The van der Waals surface area contributed by atoms with E-state index in [-0.39, 0.29) is 11.1 Å². The van der Waals surface area contributed by atoms with Crippen LogP contribution in [-0.2, 0) is 13.5 Å². The molecule has 0 aliphatic rings. The molecule has 7 heteroatoms. The number of rotatable bonds is 4. The van der Waals surface area contributed by atoms with Crippen LogP contribution < -0.4 is 5.32 Å². The van der Waals surface area contributed by atoms with Crippen molar-refractivity contribution in [3.8, 4) is 0 Å². The number of benzene rings is 1. The van der Waals surface area contributed by atoms with Crippen molar-refractivity contribution in [2.24, 2.45) is 7.05 Å². The molecule has 1 unspecified atom stereocenters. The second-order valence-corrected chi connectivity index (χ2v) is 4.32. The van der Waals surface area contributed by atoms with Gasteiger partial charge >= 0.3 is 0 Å². The Morgan fingerprint density at radius 3 is 2.83 bits per heavy atom. The highest BCUT2D eigenvalue weighted by Gasteiger charge is 2.14. The fourth-order valence-electron chi connectivity index (χ4n) is 1.70. The van der Waals surface area contributed by atoms with Gasteiger partial charge in [0, 0.05) is 12.5 Å². The average Bonchev–Trinajstić information content (AvgIpc) is 2.75. The van der Waals surface area contributed by atoms with Crippen molar-refractivity contribution in [2.45, 2.75) is 12.5 Å². The standard InChI is InChI=1S/C11H13ClFN5/c1-14-10(6-11-15-17-18(2)16-11)7-3-4-8(12)9(13)5-7/h3-5,10,14H,6H2,1-2H3. The third kappa shape index (κ3) is 2.83. The Balaban J connectivity index is 2.19. The van der Waals surface area contributed by atoms with E-state index in [1.165, 1.54) is 10.9 Å². The van der Waals surface area contributed by atoms with Crippen molar-refractivity contribution < 1.29 is 4.39 Å². The molecular formula is C11H13ClFN5. The van der Waals surface area contributed by atoms with Crippen LogP contribution in [0, 0.1) is 5.82 Å². The first-order chi connectivity index (χ1) is 8.60. The van der Waals surface area contributed by atoms with Gasteiger partial charge < -0.3 is 5.32 Å². The summed E-state index contributed by atoms with van der Waals surface area (Å²) in [4.78, 5) is 1.39. The smallest absolute Gasteiger partial charge is 0.176 e. The molecule has 0 bridgehead atoms. The third-order valence-corrected chi connectivity index (χ3v) is 2.94. The maximum absolute atomic E-state index is 13.4. The molecule has 0 fully saturated rings. The first-order valence-corrected chi connectivity index (χ1v) is 5.83. The minimum Gasteiger partial charge on any atom is -0.313 e. The minimum absolute atomic E-state index is 0.0824. The van der Waals surface area contributed by atoms with Crippen molar-refractivity contribution in [1.82, 2.24) is 25.5 Å². The Hall–Kier alpha value is -1.53. The first kappa shape index (κ1) is 12.9. The van der Waals surface area contributed by atoms with Crippen LogP contribution in [0.1, 0.15) is 17.4 Å². The van der Waals surface area contributed by atoms with E-state index in [2.05, 4.69) is 20.7 Å². The molecule has 0 saturated carbocycles. The van der Waals surface area contributed by atoms with Gasteiger partial charge in [-0.25, -0.2) is 4.39 Å². The number of hydrogen-bond donors (Lipinski definition) is 1. The number of aryl methyl sites for hydroxylation is 1. The maximum atomic E-state index is 13.4. The lowest BCUT2D eigenvalue weighted by Crippen LogP contribution is -2.19. The molecule has 0 radical (unpaired) electrons. The molecule has 0 saturated heterocycles. The molecule has 1 N–H and O–H groups in total. The molecule has 5 nitrogen and oxygen atoms in total. The Morgan fingerprint density at radius 1 is 1.50 bits per heavy atom. The minimum atomic E-state index is -0.429. The summed E-state index contributed by atoms with van der Waals surface area (Å²) in [6.45, 7) is 0. The van der Waals surface area contributed by atoms with Gasteiger partial charge in [0.2, 0.25) is 0 Å². The summed E-state index contributed by atoms with van der Waals surface area (Å²) in [6.07, 6.45) is 0.533. The lowest BCUT2D eigenvalue weighted by atomic mass is 10.0. The summed E-state index contributed by atoms with van der Waals surface area (Å²) in [6, 6.07) is 4.66. The van der Waals surface area contributed by atoms with Crippen molar-refractivity contribution in [1.29, 1.82) is 0 Å². The van der Waals surface area contributed by atoms with Gasteiger partial charge in [0.05, 0.1) is 12.1 Å². The van der Waals surface area contributed by atoms with Gasteiger partial charge in [0.1, 0.15) is 5.82 Å². The molecule has 1 aromatic heterocycles. The van der Waals surface area contributed by atoms with Gasteiger partial charge in [0.25, 0.3) is 0 Å². The second kappa shape index (κ2) is 5.41. The molecule has 0 aliphatic carbocycles. The van der Waals surface area contributed by atoms with Crippen LogP contribution in [-0.4, -0.2) is 27.3 Å².